The van der Waals surface area contributed by atoms with E-state index in [1.165, 1.54) is 0 Å². The number of hydrogen-bond donors (Lipinski definition) is 1. The summed E-state index contributed by atoms with van der Waals surface area (Å²) in [5.41, 5.74) is 1.15. The van der Waals surface area contributed by atoms with Crippen LogP contribution in [0, 0.1) is 0 Å². The number of hydrogen-bond acceptors (Lipinski definition) is 3. The summed E-state index contributed by atoms with van der Waals surface area (Å²) < 4.78 is 11.8. The molecule has 5 heteroatoms. The van der Waals surface area contributed by atoms with Crippen LogP contribution in [0.2, 0.25) is 0 Å². The van der Waals surface area contributed by atoms with Crippen molar-refractivity contribution >= 4 is 28.3 Å². The lowest BCUT2D eigenvalue weighted by atomic mass is 10.2. The van der Waals surface area contributed by atoms with Crippen molar-refractivity contribution in [2.75, 3.05) is 20.3 Å². The van der Waals surface area contributed by atoms with Crippen LogP contribution in [-0.4, -0.2) is 20.3 Å². The lowest BCUT2D eigenvalue weighted by Gasteiger charge is -2.13. The van der Waals surface area contributed by atoms with Gasteiger partial charge in [-0.1, -0.05) is 19.6 Å². The van der Waals surface area contributed by atoms with Crippen LogP contribution >= 0.6 is 28.3 Å². The molecule has 18 heavy (non-hydrogen) atoms. The molecule has 0 saturated carbocycles. The highest BCUT2D eigenvalue weighted by Gasteiger charge is 2.10. The molecule has 0 aliphatic rings. The smallest absolute Gasteiger partial charge is 0.175 e. The molecule has 0 bridgehead atoms. The Balaban J connectivity index is 0.00000289. The Hall–Kier alpha value is -0.710. The Kier molecular flexibility index (Phi) is 8.89. The van der Waals surface area contributed by atoms with Crippen molar-refractivity contribution in [3.05, 3.63) is 34.8 Å². The molecule has 3 nitrogen and oxygen atoms in total. The van der Waals surface area contributed by atoms with Gasteiger partial charge < -0.3 is 14.8 Å². The average molecular weight is 337 g/mol. The molecular weight excluding hydrogens is 318 g/mol. The van der Waals surface area contributed by atoms with Gasteiger partial charge in [0.1, 0.15) is 6.61 Å². The van der Waals surface area contributed by atoms with Gasteiger partial charge in [-0.2, -0.15) is 0 Å². The second-order valence-electron chi connectivity index (χ2n) is 3.49. The molecule has 0 aromatic heterocycles. The fraction of sp³-hybridized carbons (Fsp3) is 0.385. The summed E-state index contributed by atoms with van der Waals surface area (Å²) in [5.74, 6) is 1.45. The normalized spacial score (nSPS) is 9.50. The highest BCUT2D eigenvalue weighted by Crippen LogP contribution is 2.36. The Morgan fingerprint density at radius 1 is 1.44 bits per heavy atom. The lowest BCUT2D eigenvalue weighted by Crippen LogP contribution is -2.12. The minimum Gasteiger partial charge on any atom is -0.493 e. The highest BCUT2D eigenvalue weighted by atomic mass is 79.9. The predicted molar refractivity (Wildman–Crippen MR) is 81.0 cm³/mol. The van der Waals surface area contributed by atoms with Crippen molar-refractivity contribution < 1.29 is 9.47 Å². The maximum absolute atomic E-state index is 5.56. The van der Waals surface area contributed by atoms with Gasteiger partial charge in [-0.05, 0) is 40.2 Å². The van der Waals surface area contributed by atoms with Crippen LogP contribution in [-0.2, 0) is 6.54 Å². The van der Waals surface area contributed by atoms with Gasteiger partial charge >= 0.3 is 0 Å². The first-order valence-electron chi connectivity index (χ1n) is 5.53. The van der Waals surface area contributed by atoms with Gasteiger partial charge in [-0.15, -0.1) is 12.4 Å². The molecule has 1 aromatic carbocycles. The molecule has 0 unspecified atom stereocenters. The van der Waals surface area contributed by atoms with Crippen molar-refractivity contribution in [3.8, 4) is 11.5 Å². The Morgan fingerprint density at radius 2 is 2.17 bits per heavy atom. The third-order valence-corrected chi connectivity index (χ3v) is 2.80. The van der Waals surface area contributed by atoms with Crippen molar-refractivity contribution in [1.29, 1.82) is 0 Å². The molecule has 0 atom stereocenters. The zero-order valence-corrected chi connectivity index (χ0v) is 13.1. The van der Waals surface area contributed by atoms with Crippen LogP contribution in [0.1, 0.15) is 12.5 Å². The predicted octanol–water partition coefficient (Wildman–Crippen LogP) is 3.55. The van der Waals surface area contributed by atoms with Crippen molar-refractivity contribution in [3.63, 3.8) is 0 Å². The maximum Gasteiger partial charge on any atom is 0.175 e. The SMILES string of the molecule is C=CCOc1c(Br)cc(CNCC)cc1OC.Cl. The third-order valence-electron chi connectivity index (χ3n) is 2.21. The van der Waals surface area contributed by atoms with E-state index in [0.717, 1.165) is 28.9 Å². The first kappa shape index (κ1) is 17.3. The zero-order valence-electron chi connectivity index (χ0n) is 10.7. The highest BCUT2D eigenvalue weighted by molar-refractivity contribution is 9.10. The average Bonchev–Trinajstić information content (AvgIpc) is 2.34. The van der Waals surface area contributed by atoms with E-state index in [9.17, 15) is 0 Å². The molecule has 0 amide bonds. The van der Waals surface area contributed by atoms with Gasteiger partial charge in [0.15, 0.2) is 11.5 Å². The van der Waals surface area contributed by atoms with Gasteiger partial charge in [0, 0.05) is 6.54 Å². The number of ether oxygens (including phenoxy) is 2. The Morgan fingerprint density at radius 3 is 2.72 bits per heavy atom. The van der Waals surface area contributed by atoms with Gasteiger partial charge in [0.05, 0.1) is 11.6 Å². The van der Waals surface area contributed by atoms with E-state index < -0.39 is 0 Å². The second-order valence-corrected chi connectivity index (χ2v) is 4.34. The van der Waals surface area contributed by atoms with Crippen LogP contribution in [0.5, 0.6) is 11.5 Å². The molecule has 0 aliphatic carbocycles. The summed E-state index contributed by atoms with van der Waals surface area (Å²) in [5, 5.41) is 3.27. The number of halogens is 2. The van der Waals surface area contributed by atoms with E-state index >= 15 is 0 Å². The van der Waals surface area contributed by atoms with E-state index in [-0.39, 0.29) is 12.4 Å². The Labute approximate surface area is 123 Å². The van der Waals surface area contributed by atoms with Crippen LogP contribution in [0.4, 0.5) is 0 Å². The molecule has 0 spiro atoms. The van der Waals surface area contributed by atoms with Gasteiger partial charge in [-0.3, -0.25) is 0 Å². The van der Waals surface area contributed by atoms with E-state index in [1.54, 1.807) is 13.2 Å². The summed E-state index contributed by atoms with van der Waals surface area (Å²) in [4.78, 5) is 0. The summed E-state index contributed by atoms with van der Waals surface area (Å²) >= 11 is 3.49. The Bertz CT molecular complexity index is 385. The minimum absolute atomic E-state index is 0. The third kappa shape index (κ3) is 4.88. The summed E-state index contributed by atoms with van der Waals surface area (Å²) in [6, 6.07) is 4.01. The van der Waals surface area contributed by atoms with Gasteiger partial charge in [0.2, 0.25) is 0 Å². The van der Waals surface area contributed by atoms with E-state index in [1.807, 2.05) is 12.1 Å². The zero-order chi connectivity index (χ0) is 12.7. The number of rotatable bonds is 7. The van der Waals surface area contributed by atoms with Crippen molar-refractivity contribution in [2.45, 2.75) is 13.5 Å². The minimum atomic E-state index is 0. The summed E-state index contributed by atoms with van der Waals surface area (Å²) in [7, 11) is 1.64. The molecular formula is C13H19BrClNO2. The molecule has 0 radical (unpaired) electrons. The number of benzene rings is 1. The van der Waals surface area contributed by atoms with Crippen LogP contribution in [0.3, 0.4) is 0 Å². The molecule has 1 N–H and O–H groups in total. The maximum atomic E-state index is 5.56. The fourth-order valence-corrected chi connectivity index (χ4v) is 2.03. The molecule has 1 aromatic rings. The molecule has 0 saturated heterocycles. The van der Waals surface area contributed by atoms with Crippen molar-refractivity contribution in [2.24, 2.45) is 0 Å². The fourth-order valence-electron chi connectivity index (χ4n) is 1.43. The molecule has 102 valence electrons. The van der Waals surface area contributed by atoms with Crippen molar-refractivity contribution in [1.82, 2.24) is 5.32 Å². The summed E-state index contributed by atoms with van der Waals surface area (Å²) in [6.45, 7) is 7.92. The topological polar surface area (TPSA) is 30.5 Å². The van der Waals surface area contributed by atoms with Gasteiger partial charge in [-0.25, -0.2) is 0 Å². The van der Waals surface area contributed by atoms with E-state index in [4.69, 9.17) is 9.47 Å². The molecule has 0 heterocycles. The first-order valence-corrected chi connectivity index (χ1v) is 6.33. The lowest BCUT2D eigenvalue weighted by molar-refractivity contribution is 0.324. The standard InChI is InChI=1S/C13H18BrNO2.ClH/c1-4-6-17-13-11(14)7-10(9-15-5-2)8-12(13)16-3;/h4,7-8,15H,1,5-6,9H2,2-3H3;1H. The second kappa shape index (κ2) is 9.25. The molecule has 0 aliphatic heterocycles. The largest absolute Gasteiger partial charge is 0.493 e. The van der Waals surface area contributed by atoms with Gasteiger partial charge in [0.25, 0.3) is 0 Å². The first-order chi connectivity index (χ1) is 8.22. The van der Waals surface area contributed by atoms with E-state index in [0.29, 0.717) is 12.4 Å². The quantitative estimate of drug-likeness (QED) is 0.772. The van der Waals surface area contributed by atoms with Crippen LogP contribution in [0.25, 0.3) is 0 Å². The molecule has 1 rings (SSSR count). The van der Waals surface area contributed by atoms with Crippen LogP contribution < -0.4 is 14.8 Å². The number of methoxy groups -OCH3 is 1. The van der Waals surface area contributed by atoms with Crippen LogP contribution in [0.15, 0.2) is 29.3 Å². The monoisotopic (exact) mass is 335 g/mol. The molecule has 0 fully saturated rings. The van der Waals surface area contributed by atoms with E-state index in [2.05, 4.69) is 34.7 Å². The summed E-state index contributed by atoms with van der Waals surface area (Å²) in [6.07, 6.45) is 1.71. The number of nitrogens with one attached hydrogen (secondary N) is 1.